The molecule has 1 amide bonds. The van der Waals surface area contributed by atoms with E-state index in [0.717, 1.165) is 5.56 Å². The molecule has 0 saturated carbocycles. The molecule has 3 N–H and O–H groups in total. The molecule has 0 fully saturated rings. The summed E-state index contributed by atoms with van der Waals surface area (Å²) in [7, 11) is 0. The lowest BCUT2D eigenvalue weighted by Crippen LogP contribution is -2.33. The Morgan fingerprint density at radius 1 is 1.48 bits per heavy atom. The van der Waals surface area contributed by atoms with Gasteiger partial charge in [0.05, 0.1) is 11.7 Å². The summed E-state index contributed by atoms with van der Waals surface area (Å²) in [5.74, 6) is 0.0616. The number of amides is 1. The lowest BCUT2D eigenvalue weighted by atomic mass is 10.1. The van der Waals surface area contributed by atoms with Gasteiger partial charge < -0.3 is 20.6 Å². The van der Waals surface area contributed by atoms with E-state index in [-0.39, 0.29) is 12.5 Å². The fraction of sp³-hybridized carbons (Fsp3) is 0.462. The first-order valence-corrected chi connectivity index (χ1v) is 6.41. The number of nitrogens with one attached hydrogen (secondary N) is 1. The summed E-state index contributed by atoms with van der Waals surface area (Å²) < 4.78 is 5.48. The number of rotatable bonds is 7. The number of carbonyl (C=O) groups is 1. The normalized spacial score (nSPS) is 13.1. The molecule has 1 aromatic rings. The Labute approximate surface area is 122 Å². The van der Waals surface area contributed by atoms with Gasteiger partial charge in [-0.2, -0.15) is 0 Å². The first kappa shape index (κ1) is 16.7. The van der Waals surface area contributed by atoms with E-state index in [4.69, 9.17) is 10.5 Å². The van der Waals surface area contributed by atoms with E-state index in [1.54, 1.807) is 32.0 Å². The Hall–Kier alpha value is -2.35. The van der Waals surface area contributed by atoms with Crippen LogP contribution in [0.4, 0.5) is 5.69 Å². The van der Waals surface area contributed by atoms with E-state index in [9.17, 15) is 14.9 Å². The Kier molecular flexibility index (Phi) is 5.92. The first-order chi connectivity index (χ1) is 9.81. The van der Waals surface area contributed by atoms with Crippen LogP contribution in [0.3, 0.4) is 0 Å². The molecule has 21 heavy (non-hydrogen) atoms. The van der Waals surface area contributed by atoms with Crippen LogP contribution in [0.2, 0.25) is 0 Å². The van der Waals surface area contributed by atoms with Gasteiger partial charge in [-0.25, -0.2) is 0 Å². The van der Waals surface area contributed by atoms with Crippen molar-refractivity contribution in [2.45, 2.75) is 32.9 Å². The molecule has 0 aliphatic rings. The molecule has 1 rings (SSSR count). The van der Waals surface area contributed by atoms with Crippen LogP contribution in [0.15, 0.2) is 18.2 Å². The molecule has 0 bridgehead atoms. The zero-order valence-electron chi connectivity index (χ0n) is 12.2. The number of hydrogen-bond acceptors (Lipinski definition) is 6. The highest BCUT2D eigenvalue weighted by Crippen LogP contribution is 2.28. The molecule has 0 spiro atoms. The van der Waals surface area contributed by atoms with Crippen molar-refractivity contribution in [3.63, 3.8) is 0 Å². The first-order valence-electron chi connectivity index (χ1n) is 6.41. The van der Waals surface area contributed by atoms with Gasteiger partial charge in [-0.15, -0.1) is 10.1 Å². The second kappa shape index (κ2) is 7.44. The maximum Gasteiger partial charge on any atom is 0.294 e. The van der Waals surface area contributed by atoms with E-state index < -0.39 is 17.2 Å². The van der Waals surface area contributed by atoms with Crippen molar-refractivity contribution in [2.75, 3.05) is 11.9 Å². The monoisotopic (exact) mass is 297 g/mol. The van der Waals surface area contributed by atoms with Crippen LogP contribution in [-0.2, 0) is 9.63 Å². The van der Waals surface area contributed by atoms with Gasteiger partial charge in [-0.3, -0.25) is 4.79 Å². The molecule has 2 atom stereocenters. The van der Waals surface area contributed by atoms with Crippen LogP contribution in [0.1, 0.15) is 19.4 Å². The van der Waals surface area contributed by atoms with Gasteiger partial charge >= 0.3 is 0 Å². The average molecular weight is 297 g/mol. The van der Waals surface area contributed by atoms with Gasteiger partial charge in [0.25, 0.3) is 5.09 Å². The maximum absolute atomic E-state index is 11.7. The summed E-state index contributed by atoms with van der Waals surface area (Å²) in [5, 5.41) is 12.0. The predicted octanol–water partition coefficient (Wildman–Crippen LogP) is 1.26. The lowest BCUT2D eigenvalue weighted by molar-refractivity contribution is -0.767. The second-order valence-corrected chi connectivity index (χ2v) is 4.68. The van der Waals surface area contributed by atoms with Crippen molar-refractivity contribution in [3.8, 4) is 5.75 Å². The van der Waals surface area contributed by atoms with Crippen molar-refractivity contribution in [1.29, 1.82) is 0 Å². The van der Waals surface area contributed by atoms with Crippen LogP contribution < -0.4 is 15.8 Å². The molecule has 0 aromatic heterocycles. The summed E-state index contributed by atoms with van der Waals surface area (Å²) in [6.45, 7) is 4.87. The van der Waals surface area contributed by atoms with E-state index >= 15 is 0 Å². The van der Waals surface area contributed by atoms with Crippen molar-refractivity contribution < 1.29 is 19.5 Å². The standard InChI is InChI=1S/C13H19N3O5/c1-8-5-4-6-11(12(8)15-13(17)10(3)14)20-7-9(2)21-16(18)19/h4-6,9-10H,7,14H2,1-3H3,(H,15,17). The molecule has 116 valence electrons. The Morgan fingerprint density at radius 3 is 2.71 bits per heavy atom. The summed E-state index contributed by atoms with van der Waals surface area (Å²) in [4.78, 5) is 26.3. The predicted molar refractivity (Wildman–Crippen MR) is 76.5 cm³/mol. The summed E-state index contributed by atoms with van der Waals surface area (Å²) in [5.41, 5.74) is 6.80. The molecular weight excluding hydrogens is 278 g/mol. The van der Waals surface area contributed by atoms with Crippen LogP contribution in [0.5, 0.6) is 5.75 Å². The molecule has 8 heteroatoms. The van der Waals surface area contributed by atoms with Gasteiger partial charge in [0, 0.05) is 0 Å². The molecule has 2 unspecified atom stereocenters. The van der Waals surface area contributed by atoms with Crippen molar-refractivity contribution in [1.82, 2.24) is 0 Å². The Bertz CT molecular complexity index is 519. The number of benzene rings is 1. The molecule has 0 saturated heterocycles. The topological polar surface area (TPSA) is 117 Å². The largest absolute Gasteiger partial charge is 0.489 e. The van der Waals surface area contributed by atoms with Gasteiger partial charge in [0.15, 0.2) is 0 Å². The smallest absolute Gasteiger partial charge is 0.294 e. The highest BCUT2D eigenvalue weighted by atomic mass is 17.0. The molecule has 1 aromatic carbocycles. The van der Waals surface area contributed by atoms with Gasteiger partial charge in [0.2, 0.25) is 5.91 Å². The number of nitrogens with two attached hydrogens (primary N) is 1. The number of ether oxygens (including phenoxy) is 1. The number of para-hydroxylation sites is 1. The van der Waals surface area contributed by atoms with E-state index in [0.29, 0.717) is 11.4 Å². The van der Waals surface area contributed by atoms with Crippen molar-refractivity contribution in [2.24, 2.45) is 5.73 Å². The SMILES string of the molecule is Cc1cccc(OCC(C)O[N+](=O)[O-])c1NC(=O)C(C)N. The van der Waals surface area contributed by atoms with E-state index in [2.05, 4.69) is 10.2 Å². The van der Waals surface area contributed by atoms with Crippen LogP contribution in [0.25, 0.3) is 0 Å². The maximum atomic E-state index is 11.7. The third-order valence-corrected chi connectivity index (χ3v) is 2.64. The number of nitrogens with zero attached hydrogens (tertiary/aromatic N) is 1. The Morgan fingerprint density at radius 2 is 2.14 bits per heavy atom. The lowest BCUT2D eigenvalue weighted by Gasteiger charge is -2.17. The minimum Gasteiger partial charge on any atom is -0.489 e. The zero-order valence-corrected chi connectivity index (χ0v) is 12.2. The van der Waals surface area contributed by atoms with Crippen LogP contribution >= 0.6 is 0 Å². The number of anilines is 1. The summed E-state index contributed by atoms with van der Waals surface area (Å²) in [6.07, 6.45) is -0.725. The molecule has 0 heterocycles. The van der Waals surface area contributed by atoms with E-state index in [1.807, 2.05) is 0 Å². The fourth-order valence-corrected chi connectivity index (χ4v) is 1.54. The Balaban J connectivity index is 2.80. The van der Waals surface area contributed by atoms with Gasteiger partial charge in [-0.1, -0.05) is 12.1 Å². The molecule has 0 radical (unpaired) electrons. The van der Waals surface area contributed by atoms with Gasteiger partial charge in [0.1, 0.15) is 18.5 Å². The highest BCUT2D eigenvalue weighted by molar-refractivity contribution is 5.96. The third kappa shape index (κ3) is 5.27. The van der Waals surface area contributed by atoms with Gasteiger partial charge in [-0.05, 0) is 32.4 Å². The average Bonchev–Trinajstić information content (AvgIpc) is 2.38. The van der Waals surface area contributed by atoms with E-state index in [1.165, 1.54) is 6.92 Å². The molecule has 0 aliphatic heterocycles. The minimum atomic E-state index is -0.872. The quantitative estimate of drug-likeness (QED) is 0.578. The summed E-state index contributed by atoms with van der Waals surface area (Å²) in [6, 6.07) is 4.56. The molecular formula is C13H19N3O5. The number of carbonyl (C=O) groups excluding carboxylic acids is 1. The molecule has 8 nitrogen and oxygen atoms in total. The van der Waals surface area contributed by atoms with Crippen LogP contribution in [-0.4, -0.2) is 29.7 Å². The summed E-state index contributed by atoms with van der Waals surface area (Å²) >= 11 is 0. The number of hydrogen-bond donors (Lipinski definition) is 2. The number of aryl methyl sites for hydroxylation is 1. The van der Waals surface area contributed by atoms with Crippen LogP contribution in [0, 0.1) is 17.0 Å². The third-order valence-electron chi connectivity index (χ3n) is 2.64. The zero-order chi connectivity index (χ0) is 16.0. The molecule has 0 aliphatic carbocycles. The van der Waals surface area contributed by atoms with Crippen molar-refractivity contribution in [3.05, 3.63) is 33.9 Å². The minimum absolute atomic E-state index is 0.0223. The van der Waals surface area contributed by atoms with Crippen molar-refractivity contribution >= 4 is 11.6 Å². The second-order valence-electron chi connectivity index (χ2n) is 4.68. The highest BCUT2D eigenvalue weighted by Gasteiger charge is 2.15. The fourth-order valence-electron chi connectivity index (χ4n) is 1.54.